The first-order chi connectivity index (χ1) is 10.2. The molecule has 4 rings (SSSR count). The fourth-order valence-corrected chi connectivity index (χ4v) is 2.60. The van der Waals surface area contributed by atoms with Gasteiger partial charge in [0.25, 0.3) is 0 Å². The largest absolute Gasteiger partial charge is 0.478 e. The van der Waals surface area contributed by atoms with E-state index in [0.717, 1.165) is 21.8 Å². The van der Waals surface area contributed by atoms with E-state index in [4.69, 9.17) is 0 Å². The van der Waals surface area contributed by atoms with Gasteiger partial charge in [-0.15, -0.1) is 0 Å². The maximum absolute atomic E-state index is 11.3. The fourth-order valence-electron chi connectivity index (χ4n) is 2.60. The number of carboxylic acids is 1. The van der Waals surface area contributed by atoms with E-state index in [2.05, 4.69) is 9.97 Å². The summed E-state index contributed by atoms with van der Waals surface area (Å²) < 4.78 is 0. The average Bonchev–Trinajstić information content (AvgIpc) is 2.52. The molecule has 0 aliphatic heterocycles. The molecule has 0 radical (unpaired) electrons. The van der Waals surface area contributed by atoms with Gasteiger partial charge in [-0.05, 0) is 23.6 Å². The third-order valence-electron chi connectivity index (χ3n) is 3.59. The normalized spacial score (nSPS) is 11.2. The topological polar surface area (TPSA) is 63.1 Å². The number of hydrogen-bond acceptors (Lipinski definition) is 3. The van der Waals surface area contributed by atoms with E-state index >= 15 is 0 Å². The number of para-hydroxylation sites is 1. The van der Waals surface area contributed by atoms with Crippen LogP contribution in [0.5, 0.6) is 0 Å². The maximum atomic E-state index is 11.3. The van der Waals surface area contributed by atoms with Crippen molar-refractivity contribution in [1.29, 1.82) is 0 Å². The molecule has 0 saturated carbocycles. The Labute approximate surface area is 119 Å². The number of benzene rings is 3. The lowest BCUT2D eigenvalue weighted by molar-refractivity contribution is 0.0699. The smallest absolute Gasteiger partial charge is 0.337 e. The molecule has 0 spiro atoms. The van der Waals surface area contributed by atoms with Gasteiger partial charge in [0.1, 0.15) is 5.52 Å². The van der Waals surface area contributed by atoms with Gasteiger partial charge in [0.05, 0.1) is 22.1 Å². The molecular formula is C17H10N2O2. The van der Waals surface area contributed by atoms with Crippen LogP contribution in [-0.4, -0.2) is 21.0 Å². The molecule has 0 bridgehead atoms. The van der Waals surface area contributed by atoms with Crippen molar-refractivity contribution in [1.82, 2.24) is 9.97 Å². The monoisotopic (exact) mass is 274 g/mol. The van der Waals surface area contributed by atoms with Crippen molar-refractivity contribution in [2.45, 2.75) is 0 Å². The highest BCUT2D eigenvalue weighted by Crippen LogP contribution is 2.25. The third-order valence-corrected chi connectivity index (χ3v) is 3.59. The van der Waals surface area contributed by atoms with E-state index in [-0.39, 0.29) is 5.56 Å². The van der Waals surface area contributed by atoms with Crippen LogP contribution in [-0.2, 0) is 0 Å². The van der Waals surface area contributed by atoms with Crippen LogP contribution in [0.1, 0.15) is 10.4 Å². The lowest BCUT2D eigenvalue weighted by Gasteiger charge is -2.06. The number of carbonyl (C=O) groups is 1. The van der Waals surface area contributed by atoms with Gasteiger partial charge in [-0.1, -0.05) is 36.4 Å². The molecule has 0 amide bonds. The Morgan fingerprint density at radius 3 is 2.48 bits per heavy atom. The molecule has 4 aromatic rings. The van der Waals surface area contributed by atoms with Crippen LogP contribution in [0.25, 0.3) is 32.8 Å². The van der Waals surface area contributed by atoms with E-state index in [9.17, 15) is 9.90 Å². The Kier molecular flexibility index (Phi) is 2.38. The van der Waals surface area contributed by atoms with Crippen LogP contribution in [0.3, 0.4) is 0 Å². The summed E-state index contributed by atoms with van der Waals surface area (Å²) in [6, 6.07) is 16.8. The van der Waals surface area contributed by atoms with Gasteiger partial charge in [-0.2, -0.15) is 0 Å². The molecule has 0 unspecified atom stereocenters. The summed E-state index contributed by atoms with van der Waals surface area (Å²) in [4.78, 5) is 20.5. The molecule has 4 nitrogen and oxygen atoms in total. The van der Waals surface area contributed by atoms with Gasteiger partial charge >= 0.3 is 5.97 Å². The lowest BCUT2D eigenvalue weighted by Crippen LogP contribution is -2.00. The van der Waals surface area contributed by atoms with Crippen LogP contribution in [0.2, 0.25) is 0 Å². The van der Waals surface area contributed by atoms with Crippen molar-refractivity contribution in [2.24, 2.45) is 0 Å². The number of hydrogen-bond donors (Lipinski definition) is 1. The SMILES string of the molecule is O=C(O)c1cccc2nc3ccc4ccccc4c3nc12. The minimum absolute atomic E-state index is 0.176. The molecule has 1 N–H and O–H groups in total. The molecule has 1 aromatic heterocycles. The molecule has 100 valence electrons. The van der Waals surface area contributed by atoms with Gasteiger partial charge in [0, 0.05) is 5.39 Å². The zero-order chi connectivity index (χ0) is 14.4. The van der Waals surface area contributed by atoms with Gasteiger partial charge < -0.3 is 5.11 Å². The Bertz CT molecular complexity index is 1020. The zero-order valence-corrected chi connectivity index (χ0v) is 10.9. The summed E-state index contributed by atoms with van der Waals surface area (Å²) >= 11 is 0. The summed E-state index contributed by atoms with van der Waals surface area (Å²) in [5.74, 6) is -0.991. The van der Waals surface area contributed by atoms with Crippen LogP contribution in [0.4, 0.5) is 0 Å². The third kappa shape index (κ3) is 1.73. The van der Waals surface area contributed by atoms with E-state index in [1.165, 1.54) is 0 Å². The van der Waals surface area contributed by atoms with Crippen LogP contribution >= 0.6 is 0 Å². The molecule has 0 atom stereocenters. The summed E-state index contributed by atoms with van der Waals surface area (Å²) in [6.45, 7) is 0. The molecule has 4 heteroatoms. The molecule has 0 aliphatic carbocycles. The second kappa shape index (κ2) is 4.24. The molecule has 1 heterocycles. The quantitative estimate of drug-likeness (QED) is 0.425. The molecule has 0 aliphatic rings. The molecule has 0 fully saturated rings. The Hall–Kier alpha value is -3.01. The van der Waals surface area contributed by atoms with Crippen LogP contribution in [0, 0.1) is 0 Å². The van der Waals surface area contributed by atoms with Gasteiger partial charge in [0.15, 0.2) is 0 Å². The number of nitrogens with zero attached hydrogens (tertiary/aromatic N) is 2. The number of carboxylic acid groups (broad SMARTS) is 1. The maximum Gasteiger partial charge on any atom is 0.337 e. The Balaban J connectivity index is 2.23. The van der Waals surface area contributed by atoms with Crippen molar-refractivity contribution in [2.75, 3.05) is 0 Å². The van der Waals surface area contributed by atoms with Crippen molar-refractivity contribution in [3.8, 4) is 0 Å². The molecule has 3 aromatic carbocycles. The first-order valence-electron chi connectivity index (χ1n) is 6.55. The van der Waals surface area contributed by atoms with Crippen molar-refractivity contribution < 1.29 is 9.90 Å². The summed E-state index contributed by atoms with van der Waals surface area (Å²) in [5, 5.41) is 11.3. The van der Waals surface area contributed by atoms with Crippen molar-refractivity contribution in [3.63, 3.8) is 0 Å². The minimum atomic E-state index is -0.991. The standard InChI is InChI=1S/C17H10N2O2/c20-17(21)12-6-3-7-13-16(12)19-15-11-5-2-1-4-10(11)8-9-14(15)18-13/h1-9H,(H,20,21). The number of aromatic carboxylic acids is 1. The second-order valence-electron chi connectivity index (χ2n) is 4.86. The highest BCUT2D eigenvalue weighted by Gasteiger charge is 2.12. The van der Waals surface area contributed by atoms with Crippen LogP contribution in [0.15, 0.2) is 54.6 Å². The minimum Gasteiger partial charge on any atom is -0.478 e. The fraction of sp³-hybridized carbons (Fsp3) is 0. The molecular weight excluding hydrogens is 264 g/mol. The first-order valence-corrected chi connectivity index (χ1v) is 6.55. The molecule has 0 saturated heterocycles. The summed E-state index contributed by atoms with van der Waals surface area (Å²) in [5.41, 5.74) is 2.69. The molecule has 21 heavy (non-hydrogen) atoms. The number of rotatable bonds is 1. The van der Waals surface area contributed by atoms with Crippen LogP contribution < -0.4 is 0 Å². The second-order valence-corrected chi connectivity index (χ2v) is 4.86. The van der Waals surface area contributed by atoms with E-state index in [0.29, 0.717) is 11.0 Å². The zero-order valence-electron chi connectivity index (χ0n) is 10.9. The summed E-state index contributed by atoms with van der Waals surface area (Å²) in [7, 11) is 0. The van der Waals surface area contributed by atoms with E-state index in [1.807, 2.05) is 36.4 Å². The lowest BCUT2D eigenvalue weighted by atomic mass is 10.1. The highest BCUT2D eigenvalue weighted by molar-refractivity contribution is 6.08. The predicted octanol–water partition coefficient (Wildman–Crippen LogP) is 3.63. The van der Waals surface area contributed by atoms with E-state index < -0.39 is 5.97 Å². The number of fused-ring (bicyclic) bond motifs is 4. The average molecular weight is 274 g/mol. The van der Waals surface area contributed by atoms with Crippen molar-refractivity contribution >= 4 is 38.8 Å². The van der Waals surface area contributed by atoms with Gasteiger partial charge in [0.2, 0.25) is 0 Å². The van der Waals surface area contributed by atoms with E-state index in [1.54, 1.807) is 18.2 Å². The van der Waals surface area contributed by atoms with Crippen molar-refractivity contribution in [3.05, 3.63) is 60.2 Å². The predicted molar refractivity (Wildman–Crippen MR) is 81.5 cm³/mol. The summed E-state index contributed by atoms with van der Waals surface area (Å²) in [6.07, 6.45) is 0. The number of aromatic nitrogens is 2. The highest BCUT2D eigenvalue weighted by atomic mass is 16.4. The van der Waals surface area contributed by atoms with Gasteiger partial charge in [-0.3, -0.25) is 0 Å². The Morgan fingerprint density at radius 1 is 0.810 bits per heavy atom. The van der Waals surface area contributed by atoms with Gasteiger partial charge in [-0.25, -0.2) is 14.8 Å². The Morgan fingerprint density at radius 2 is 1.62 bits per heavy atom. The first kappa shape index (κ1) is 11.8.